The van der Waals surface area contributed by atoms with Crippen LogP contribution in [0.4, 0.5) is 8.78 Å². The lowest BCUT2D eigenvalue weighted by atomic mass is 10.1. The lowest BCUT2D eigenvalue weighted by Gasteiger charge is -2.23. The summed E-state index contributed by atoms with van der Waals surface area (Å²) in [6, 6.07) is 3.49. The SMILES string of the molecule is O=C(C(Cl)c1c(F)cccc1F)N1CCCCCC1. The molecule has 19 heavy (non-hydrogen) atoms. The van der Waals surface area contributed by atoms with E-state index in [1.807, 2.05) is 0 Å². The van der Waals surface area contributed by atoms with Gasteiger partial charge in [0.1, 0.15) is 17.0 Å². The summed E-state index contributed by atoms with van der Waals surface area (Å²) in [7, 11) is 0. The van der Waals surface area contributed by atoms with E-state index in [1.54, 1.807) is 4.90 Å². The van der Waals surface area contributed by atoms with Crippen LogP contribution in [-0.2, 0) is 4.79 Å². The topological polar surface area (TPSA) is 20.3 Å². The normalized spacial score (nSPS) is 17.9. The van der Waals surface area contributed by atoms with Crippen molar-refractivity contribution in [3.05, 3.63) is 35.4 Å². The van der Waals surface area contributed by atoms with Gasteiger partial charge < -0.3 is 4.90 Å². The van der Waals surface area contributed by atoms with E-state index in [4.69, 9.17) is 11.6 Å². The summed E-state index contributed by atoms with van der Waals surface area (Å²) in [6.07, 6.45) is 3.97. The molecule has 104 valence electrons. The molecule has 0 spiro atoms. The molecule has 1 aliphatic heterocycles. The molecule has 0 aromatic heterocycles. The average Bonchev–Trinajstić information content (AvgIpc) is 2.66. The predicted molar refractivity (Wildman–Crippen MR) is 70.0 cm³/mol. The third kappa shape index (κ3) is 3.24. The largest absolute Gasteiger partial charge is 0.341 e. The fourth-order valence-corrected chi connectivity index (χ4v) is 2.67. The zero-order valence-electron chi connectivity index (χ0n) is 10.5. The zero-order chi connectivity index (χ0) is 13.8. The molecule has 1 aromatic rings. The molecule has 0 radical (unpaired) electrons. The van der Waals surface area contributed by atoms with Crippen LogP contribution in [0.25, 0.3) is 0 Å². The van der Waals surface area contributed by atoms with Gasteiger partial charge in [0.25, 0.3) is 0 Å². The predicted octanol–water partition coefficient (Wildman–Crippen LogP) is 3.65. The first-order valence-corrected chi connectivity index (χ1v) is 6.91. The van der Waals surface area contributed by atoms with Crippen molar-refractivity contribution >= 4 is 17.5 Å². The Balaban J connectivity index is 2.18. The average molecular weight is 288 g/mol. The van der Waals surface area contributed by atoms with Crippen molar-refractivity contribution in [1.29, 1.82) is 0 Å². The van der Waals surface area contributed by atoms with Crippen LogP contribution in [0.5, 0.6) is 0 Å². The smallest absolute Gasteiger partial charge is 0.245 e. The second-order valence-electron chi connectivity index (χ2n) is 4.74. The van der Waals surface area contributed by atoms with Gasteiger partial charge in [-0.1, -0.05) is 18.9 Å². The number of likely N-dealkylation sites (tertiary alicyclic amines) is 1. The molecule has 1 fully saturated rings. The van der Waals surface area contributed by atoms with Gasteiger partial charge in [-0.05, 0) is 25.0 Å². The highest BCUT2D eigenvalue weighted by molar-refractivity contribution is 6.30. The Bertz CT molecular complexity index is 439. The van der Waals surface area contributed by atoms with Crippen molar-refractivity contribution in [2.75, 3.05) is 13.1 Å². The van der Waals surface area contributed by atoms with Crippen LogP contribution >= 0.6 is 11.6 Å². The number of benzene rings is 1. The molecule has 1 saturated heterocycles. The maximum absolute atomic E-state index is 13.6. The first-order chi connectivity index (χ1) is 9.11. The Morgan fingerprint density at radius 2 is 1.63 bits per heavy atom. The number of hydrogen-bond acceptors (Lipinski definition) is 1. The highest BCUT2D eigenvalue weighted by Crippen LogP contribution is 2.28. The highest BCUT2D eigenvalue weighted by Gasteiger charge is 2.28. The van der Waals surface area contributed by atoms with Crippen LogP contribution in [0.1, 0.15) is 36.6 Å². The first kappa shape index (κ1) is 14.3. The number of carbonyl (C=O) groups excluding carboxylic acids is 1. The van der Waals surface area contributed by atoms with E-state index < -0.39 is 22.9 Å². The van der Waals surface area contributed by atoms with Gasteiger partial charge in [0.2, 0.25) is 5.91 Å². The summed E-state index contributed by atoms with van der Waals surface area (Å²) >= 11 is 5.98. The summed E-state index contributed by atoms with van der Waals surface area (Å²) < 4.78 is 27.2. The lowest BCUT2D eigenvalue weighted by molar-refractivity contribution is -0.131. The third-order valence-electron chi connectivity index (χ3n) is 3.39. The highest BCUT2D eigenvalue weighted by atomic mass is 35.5. The van der Waals surface area contributed by atoms with Crippen molar-refractivity contribution < 1.29 is 13.6 Å². The van der Waals surface area contributed by atoms with Crippen LogP contribution in [0.15, 0.2) is 18.2 Å². The minimum absolute atomic E-state index is 0.349. The minimum Gasteiger partial charge on any atom is -0.341 e. The van der Waals surface area contributed by atoms with Crippen LogP contribution in [0.2, 0.25) is 0 Å². The van der Waals surface area contributed by atoms with E-state index in [0.29, 0.717) is 13.1 Å². The molecule has 2 nitrogen and oxygen atoms in total. The van der Waals surface area contributed by atoms with E-state index >= 15 is 0 Å². The number of nitrogens with zero attached hydrogens (tertiary/aromatic N) is 1. The monoisotopic (exact) mass is 287 g/mol. The van der Waals surface area contributed by atoms with Gasteiger partial charge in [-0.15, -0.1) is 11.6 Å². The van der Waals surface area contributed by atoms with Gasteiger partial charge in [0, 0.05) is 13.1 Å². The number of halogens is 3. The Morgan fingerprint density at radius 3 is 2.16 bits per heavy atom. The summed E-state index contributed by atoms with van der Waals surface area (Å²) in [5.41, 5.74) is -0.349. The van der Waals surface area contributed by atoms with Gasteiger partial charge in [-0.3, -0.25) is 4.79 Å². The number of hydrogen-bond donors (Lipinski definition) is 0. The van der Waals surface area contributed by atoms with Gasteiger partial charge in [-0.25, -0.2) is 8.78 Å². The minimum atomic E-state index is -1.29. The number of alkyl halides is 1. The summed E-state index contributed by atoms with van der Waals surface area (Å²) in [4.78, 5) is 13.8. The molecule has 1 heterocycles. The van der Waals surface area contributed by atoms with Crippen molar-refractivity contribution in [3.63, 3.8) is 0 Å². The molecule has 0 bridgehead atoms. The maximum atomic E-state index is 13.6. The van der Waals surface area contributed by atoms with Crippen molar-refractivity contribution in [1.82, 2.24) is 4.90 Å². The molecule has 5 heteroatoms. The van der Waals surface area contributed by atoms with E-state index in [0.717, 1.165) is 37.8 Å². The third-order valence-corrected chi connectivity index (χ3v) is 3.79. The van der Waals surface area contributed by atoms with Crippen molar-refractivity contribution in [2.45, 2.75) is 31.1 Å². The Labute approximate surface area is 116 Å². The van der Waals surface area contributed by atoms with Gasteiger partial charge >= 0.3 is 0 Å². The molecular formula is C14H16ClF2NO. The molecular weight excluding hydrogens is 272 g/mol. The Morgan fingerprint density at radius 1 is 1.11 bits per heavy atom. The molecule has 1 aliphatic rings. The lowest BCUT2D eigenvalue weighted by Crippen LogP contribution is -2.34. The second-order valence-corrected chi connectivity index (χ2v) is 5.17. The van der Waals surface area contributed by atoms with Gasteiger partial charge in [0.15, 0.2) is 0 Å². The fourth-order valence-electron chi connectivity index (χ4n) is 2.33. The van der Waals surface area contributed by atoms with E-state index in [-0.39, 0.29) is 5.56 Å². The number of carbonyl (C=O) groups is 1. The molecule has 1 unspecified atom stereocenters. The quantitative estimate of drug-likeness (QED) is 0.761. The van der Waals surface area contributed by atoms with E-state index in [1.165, 1.54) is 6.07 Å². The molecule has 1 amide bonds. The molecule has 2 rings (SSSR count). The fraction of sp³-hybridized carbons (Fsp3) is 0.500. The van der Waals surface area contributed by atoms with Crippen molar-refractivity contribution in [3.8, 4) is 0 Å². The molecule has 1 atom stereocenters. The zero-order valence-corrected chi connectivity index (χ0v) is 11.3. The summed E-state index contributed by atoms with van der Waals surface area (Å²) in [5, 5.41) is -1.29. The second kappa shape index (κ2) is 6.33. The van der Waals surface area contributed by atoms with Crippen LogP contribution in [0.3, 0.4) is 0 Å². The Hall–Kier alpha value is -1.16. The van der Waals surface area contributed by atoms with Crippen LogP contribution < -0.4 is 0 Å². The Kier molecular flexibility index (Phi) is 4.75. The van der Waals surface area contributed by atoms with Crippen molar-refractivity contribution in [2.24, 2.45) is 0 Å². The summed E-state index contributed by atoms with van der Waals surface area (Å²) in [6.45, 7) is 1.22. The molecule has 0 N–H and O–H groups in total. The molecule has 1 aromatic carbocycles. The van der Waals surface area contributed by atoms with E-state index in [2.05, 4.69) is 0 Å². The number of amides is 1. The molecule has 0 aliphatic carbocycles. The maximum Gasteiger partial charge on any atom is 0.245 e. The van der Waals surface area contributed by atoms with Crippen LogP contribution in [0, 0.1) is 11.6 Å². The van der Waals surface area contributed by atoms with Gasteiger partial charge in [0.05, 0.1) is 5.56 Å². The first-order valence-electron chi connectivity index (χ1n) is 6.48. The van der Waals surface area contributed by atoms with Gasteiger partial charge in [-0.2, -0.15) is 0 Å². The molecule has 0 saturated carbocycles. The standard InChI is InChI=1S/C14H16ClF2NO/c15-13(12-10(16)6-5-7-11(12)17)14(19)18-8-3-1-2-4-9-18/h5-7,13H,1-4,8-9H2. The van der Waals surface area contributed by atoms with E-state index in [9.17, 15) is 13.6 Å². The summed E-state index contributed by atoms with van der Waals surface area (Å²) in [5.74, 6) is -1.96. The van der Waals surface area contributed by atoms with Crippen LogP contribution in [-0.4, -0.2) is 23.9 Å². The number of rotatable bonds is 2.